The van der Waals surface area contributed by atoms with E-state index in [4.69, 9.17) is 0 Å². The van der Waals surface area contributed by atoms with Crippen LogP contribution in [0.5, 0.6) is 0 Å². The fraction of sp³-hybridized carbons (Fsp3) is 0.308. The lowest BCUT2D eigenvalue weighted by Gasteiger charge is -2.23. The third-order valence-electron chi connectivity index (χ3n) is 3.32. The molecule has 118 valence electrons. The Balaban J connectivity index is 2.23. The Labute approximate surface area is 127 Å². The number of hydrogen-bond donors (Lipinski definition) is 1. The Morgan fingerprint density at radius 2 is 1.59 bits per heavy atom. The van der Waals surface area contributed by atoms with Crippen molar-refractivity contribution in [3.8, 4) is 0 Å². The molecule has 1 heterocycles. The molecule has 0 spiro atoms. The van der Waals surface area contributed by atoms with Crippen molar-refractivity contribution in [3.05, 3.63) is 35.4 Å². The van der Waals surface area contributed by atoms with Gasteiger partial charge in [-0.05, 0) is 19.1 Å². The second-order valence-electron chi connectivity index (χ2n) is 4.54. The van der Waals surface area contributed by atoms with Crippen LogP contribution in [-0.2, 0) is 18.4 Å². The zero-order valence-corrected chi connectivity index (χ0v) is 13.1. The summed E-state index contributed by atoms with van der Waals surface area (Å²) in [5.74, 6) is -1.97. The van der Waals surface area contributed by atoms with Crippen molar-refractivity contribution in [2.75, 3.05) is 14.2 Å². The first-order valence-corrected chi connectivity index (χ1v) is 7.89. The van der Waals surface area contributed by atoms with Crippen LogP contribution in [0.25, 0.3) is 0 Å². The van der Waals surface area contributed by atoms with Crippen molar-refractivity contribution in [2.24, 2.45) is 0 Å². The number of nitrogens with zero attached hydrogens (tertiary/aromatic N) is 1. The highest BCUT2D eigenvalue weighted by molar-refractivity contribution is 7.52. The normalized spacial score (nSPS) is 15.7. The number of benzene rings is 1. The van der Waals surface area contributed by atoms with E-state index in [1.54, 1.807) is 12.1 Å². The van der Waals surface area contributed by atoms with Gasteiger partial charge in [0.15, 0.2) is 0 Å². The highest BCUT2D eigenvalue weighted by Crippen LogP contribution is 2.41. The van der Waals surface area contributed by atoms with Crippen LogP contribution >= 0.6 is 7.75 Å². The summed E-state index contributed by atoms with van der Waals surface area (Å²) in [7, 11) is -1.58. The molecule has 22 heavy (non-hydrogen) atoms. The molecule has 0 radical (unpaired) electrons. The van der Waals surface area contributed by atoms with Crippen LogP contribution in [0.2, 0.25) is 0 Å². The van der Waals surface area contributed by atoms with Crippen molar-refractivity contribution in [1.29, 1.82) is 0 Å². The molecule has 1 aromatic rings. The quantitative estimate of drug-likeness (QED) is 0.644. The first-order valence-electron chi connectivity index (χ1n) is 6.35. The SMILES string of the molecule is COP(=O)(NC(=O)C(C)N1C(=O)c2ccccc2C1=O)OC. The third kappa shape index (κ3) is 2.68. The average Bonchev–Trinajstić information content (AvgIpc) is 2.78. The molecular weight excluding hydrogens is 311 g/mol. The van der Waals surface area contributed by atoms with Crippen LogP contribution in [0.1, 0.15) is 27.6 Å². The van der Waals surface area contributed by atoms with Crippen molar-refractivity contribution in [1.82, 2.24) is 9.99 Å². The van der Waals surface area contributed by atoms with Gasteiger partial charge in [-0.15, -0.1) is 0 Å². The maximum atomic E-state index is 12.3. The smallest absolute Gasteiger partial charge is 0.296 e. The number of amides is 3. The fourth-order valence-corrected chi connectivity index (χ4v) is 2.86. The van der Waals surface area contributed by atoms with Gasteiger partial charge in [-0.25, -0.2) is 4.57 Å². The van der Waals surface area contributed by atoms with Crippen LogP contribution in [-0.4, -0.2) is 42.9 Å². The minimum absolute atomic E-state index is 0.230. The Morgan fingerprint density at radius 3 is 2.00 bits per heavy atom. The van der Waals surface area contributed by atoms with E-state index < -0.39 is 31.5 Å². The van der Waals surface area contributed by atoms with Gasteiger partial charge in [0.05, 0.1) is 11.1 Å². The third-order valence-corrected chi connectivity index (χ3v) is 4.78. The summed E-state index contributed by atoms with van der Waals surface area (Å²) in [6.07, 6.45) is 0. The van der Waals surface area contributed by atoms with E-state index in [2.05, 4.69) is 14.1 Å². The number of carbonyl (C=O) groups is 3. The lowest BCUT2D eigenvalue weighted by molar-refractivity contribution is -0.123. The Hall–Kier alpha value is -2.02. The zero-order chi connectivity index (χ0) is 16.5. The molecule has 3 amide bonds. The molecule has 0 fully saturated rings. The summed E-state index contributed by atoms with van der Waals surface area (Å²) in [6, 6.07) is 5.11. The molecule has 0 saturated carbocycles. The van der Waals surface area contributed by atoms with E-state index in [0.717, 1.165) is 19.1 Å². The molecule has 1 aromatic carbocycles. The summed E-state index contributed by atoms with van der Waals surface area (Å²) < 4.78 is 21.1. The summed E-state index contributed by atoms with van der Waals surface area (Å²) in [4.78, 5) is 37.4. The molecule has 1 aliphatic rings. The Morgan fingerprint density at radius 1 is 1.14 bits per heavy atom. The molecular formula is C13H15N2O6P. The monoisotopic (exact) mass is 326 g/mol. The minimum atomic E-state index is -3.79. The van der Waals surface area contributed by atoms with Crippen molar-refractivity contribution in [3.63, 3.8) is 0 Å². The zero-order valence-electron chi connectivity index (χ0n) is 12.2. The van der Waals surface area contributed by atoms with E-state index in [0.29, 0.717) is 0 Å². The average molecular weight is 326 g/mol. The van der Waals surface area contributed by atoms with Crippen molar-refractivity contribution >= 4 is 25.5 Å². The lowest BCUT2D eigenvalue weighted by atomic mass is 10.1. The Kier molecular flexibility index (Phi) is 4.46. The lowest BCUT2D eigenvalue weighted by Crippen LogP contribution is -2.47. The number of fused-ring (bicyclic) bond motifs is 1. The molecule has 1 atom stereocenters. The minimum Gasteiger partial charge on any atom is -0.296 e. The molecule has 1 unspecified atom stereocenters. The summed E-state index contributed by atoms with van der Waals surface area (Å²) >= 11 is 0. The van der Waals surface area contributed by atoms with Gasteiger partial charge < -0.3 is 0 Å². The van der Waals surface area contributed by atoms with E-state index in [-0.39, 0.29) is 11.1 Å². The van der Waals surface area contributed by atoms with Gasteiger partial charge in [-0.2, -0.15) is 0 Å². The van der Waals surface area contributed by atoms with Gasteiger partial charge in [-0.3, -0.25) is 33.4 Å². The highest BCUT2D eigenvalue weighted by atomic mass is 31.2. The first kappa shape index (κ1) is 16.4. The molecule has 0 bridgehead atoms. The van der Waals surface area contributed by atoms with Gasteiger partial charge in [0, 0.05) is 14.2 Å². The molecule has 0 aromatic heterocycles. The predicted octanol–water partition coefficient (Wildman–Crippen LogP) is 1.19. The topological polar surface area (TPSA) is 102 Å². The van der Waals surface area contributed by atoms with Crippen LogP contribution < -0.4 is 5.09 Å². The maximum absolute atomic E-state index is 12.3. The summed E-state index contributed by atoms with van der Waals surface area (Å²) in [5.41, 5.74) is 0.461. The number of imide groups is 1. The van der Waals surface area contributed by atoms with E-state index >= 15 is 0 Å². The van der Waals surface area contributed by atoms with Gasteiger partial charge in [0.2, 0.25) is 0 Å². The van der Waals surface area contributed by atoms with E-state index in [1.165, 1.54) is 19.1 Å². The second-order valence-corrected chi connectivity index (χ2v) is 6.49. The van der Waals surface area contributed by atoms with Gasteiger partial charge in [0.1, 0.15) is 6.04 Å². The predicted molar refractivity (Wildman–Crippen MR) is 76.2 cm³/mol. The largest absolute Gasteiger partial charge is 0.434 e. The number of carbonyl (C=O) groups excluding carboxylic acids is 3. The van der Waals surface area contributed by atoms with E-state index in [9.17, 15) is 18.9 Å². The molecule has 0 aliphatic carbocycles. The summed E-state index contributed by atoms with van der Waals surface area (Å²) in [5, 5.41) is 2.06. The van der Waals surface area contributed by atoms with Gasteiger partial charge >= 0.3 is 7.75 Å². The molecule has 1 aliphatic heterocycles. The van der Waals surface area contributed by atoms with Crippen LogP contribution in [0, 0.1) is 0 Å². The van der Waals surface area contributed by atoms with Crippen LogP contribution in [0.3, 0.4) is 0 Å². The molecule has 0 saturated heterocycles. The van der Waals surface area contributed by atoms with Gasteiger partial charge in [0.25, 0.3) is 17.7 Å². The molecule has 2 rings (SSSR count). The summed E-state index contributed by atoms with van der Waals surface area (Å²) in [6.45, 7) is 1.35. The molecule has 8 nitrogen and oxygen atoms in total. The molecule has 9 heteroatoms. The number of hydrogen-bond acceptors (Lipinski definition) is 6. The van der Waals surface area contributed by atoms with Gasteiger partial charge in [-0.1, -0.05) is 12.1 Å². The first-order chi connectivity index (χ1) is 10.3. The van der Waals surface area contributed by atoms with Crippen molar-refractivity contribution in [2.45, 2.75) is 13.0 Å². The van der Waals surface area contributed by atoms with E-state index in [1.807, 2.05) is 0 Å². The maximum Gasteiger partial charge on any atom is 0.434 e. The number of nitrogens with one attached hydrogen (secondary N) is 1. The Bertz CT molecular complexity index is 646. The molecule has 1 N–H and O–H groups in total. The fourth-order valence-electron chi connectivity index (χ4n) is 2.07. The highest BCUT2D eigenvalue weighted by Gasteiger charge is 2.42. The standard InChI is InChI=1S/C13H15N2O6P/c1-8(11(16)14-22(19,20-2)21-3)15-12(17)9-6-4-5-7-10(9)13(15)18/h4-8H,1-3H3,(H,14,16,19). The van der Waals surface area contributed by atoms with Crippen LogP contribution in [0.4, 0.5) is 0 Å². The van der Waals surface area contributed by atoms with Crippen molar-refractivity contribution < 1.29 is 28.0 Å². The second kappa shape index (κ2) is 6.00. The van der Waals surface area contributed by atoms with Crippen LogP contribution in [0.15, 0.2) is 24.3 Å². The number of rotatable bonds is 5.